The normalized spacial score (nSPS) is 11.0. The highest BCUT2D eigenvalue weighted by Gasteiger charge is 2.15. The molecule has 0 fully saturated rings. The molecule has 0 saturated heterocycles. The average Bonchev–Trinajstić information content (AvgIpc) is 3.04. The summed E-state index contributed by atoms with van der Waals surface area (Å²) >= 11 is 2.66. The number of amides is 1. The van der Waals surface area contributed by atoms with Crippen LogP contribution in [0.2, 0.25) is 0 Å². The number of benzene rings is 1. The van der Waals surface area contributed by atoms with Crippen molar-refractivity contribution in [2.75, 3.05) is 17.7 Å². The van der Waals surface area contributed by atoms with Gasteiger partial charge in [-0.1, -0.05) is 23.9 Å². The van der Waals surface area contributed by atoms with Crippen LogP contribution in [0, 0.1) is 6.92 Å². The molecule has 2 aromatic heterocycles. The molecule has 0 radical (unpaired) electrons. The fraction of sp³-hybridized carbons (Fsp3) is 0.235. The van der Waals surface area contributed by atoms with Gasteiger partial charge in [0.2, 0.25) is 5.91 Å². The predicted octanol–water partition coefficient (Wildman–Crippen LogP) is 3.06. The third kappa shape index (κ3) is 3.22. The van der Waals surface area contributed by atoms with E-state index in [0.717, 1.165) is 11.3 Å². The van der Waals surface area contributed by atoms with E-state index in [0.29, 0.717) is 15.4 Å². The molecule has 0 aliphatic rings. The van der Waals surface area contributed by atoms with E-state index in [1.807, 2.05) is 42.6 Å². The number of rotatable bonds is 4. The second-order valence-electron chi connectivity index (χ2n) is 5.47. The zero-order valence-corrected chi connectivity index (χ0v) is 15.3. The minimum Gasteiger partial charge on any atom is -0.315 e. The van der Waals surface area contributed by atoms with Gasteiger partial charge in [0.15, 0.2) is 5.16 Å². The third-order valence-electron chi connectivity index (χ3n) is 3.73. The molecule has 0 spiro atoms. The molecule has 5 nitrogen and oxygen atoms in total. The first-order valence-corrected chi connectivity index (χ1v) is 9.24. The predicted molar refractivity (Wildman–Crippen MR) is 100 cm³/mol. The maximum Gasteiger partial charge on any atom is 0.271 e. The number of carbonyl (C=O) groups is 1. The molecule has 2 heterocycles. The highest BCUT2D eigenvalue weighted by molar-refractivity contribution is 7.99. The minimum absolute atomic E-state index is 0.0368. The first-order chi connectivity index (χ1) is 11.5. The zero-order valence-electron chi connectivity index (χ0n) is 13.6. The summed E-state index contributed by atoms with van der Waals surface area (Å²) in [7, 11) is 3.44. The lowest BCUT2D eigenvalue weighted by Gasteiger charge is -2.17. The van der Waals surface area contributed by atoms with Crippen LogP contribution in [0.1, 0.15) is 5.56 Å². The van der Waals surface area contributed by atoms with E-state index >= 15 is 0 Å². The second kappa shape index (κ2) is 6.78. The molecule has 3 rings (SSSR count). The number of anilines is 1. The van der Waals surface area contributed by atoms with Gasteiger partial charge in [-0.05, 0) is 36.1 Å². The topological polar surface area (TPSA) is 55.2 Å². The number of hydrogen-bond donors (Lipinski definition) is 0. The Kier molecular flexibility index (Phi) is 4.73. The van der Waals surface area contributed by atoms with Crippen LogP contribution >= 0.6 is 23.1 Å². The summed E-state index contributed by atoms with van der Waals surface area (Å²) in [4.78, 5) is 30.8. The summed E-state index contributed by atoms with van der Waals surface area (Å²) in [6.07, 6.45) is 0. The Morgan fingerprint density at radius 3 is 2.92 bits per heavy atom. The molecule has 0 aliphatic heterocycles. The summed E-state index contributed by atoms with van der Waals surface area (Å²) in [5.41, 5.74) is 2.57. The van der Waals surface area contributed by atoms with Crippen molar-refractivity contribution in [2.24, 2.45) is 7.05 Å². The van der Waals surface area contributed by atoms with Gasteiger partial charge in [-0.15, -0.1) is 11.3 Å². The smallest absolute Gasteiger partial charge is 0.271 e. The quantitative estimate of drug-likeness (QED) is 0.531. The van der Waals surface area contributed by atoms with Gasteiger partial charge in [-0.3, -0.25) is 14.2 Å². The third-order valence-corrected chi connectivity index (χ3v) is 5.64. The summed E-state index contributed by atoms with van der Waals surface area (Å²) < 4.78 is 2.15. The number of fused-ring (bicyclic) bond motifs is 1. The van der Waals surface area contributed by atoms with E-state index < -0.39 is 0 Å². The number of hydrogen-bond acceptors (Lipinski definition) is 5. The molecule has 0 atom stereocenters. The molecule has 0 bridgehead atoms. The van der Waals surface area contributed by atoms with Gasteiger partial charge >= 0.3 is 0 Å². The average molecular weight is 359 g/mol. The van der Waals surface area contributed by atoms with Crippen molar-refractivity contribution in [1.82, 2.24) is 9.55 Å². The molecule has 7 heteroatoms. The highest BCUT2D eigenvalue weighted by Crippen LogP contribution is 2.21. The highest BCUT2D eigenvalue weighted by atomic mass is 32.2. The molecule has 0 unspecified atom stereocenters. The lowest BCUT2D eigenvalue weighted by molar-refractivity contribution is -0.115. The standard InChI is InChI=1S/C17H17N3O2S2/c1-11-5-4-6-12(9-11)19(2)14(21)10-24-17-18-13-7-8-23-15(13)16(22)20(17)3/h4-9H,10H2,1-3H3. The Morgan fingerprint density at radius 1 is 1.38 bits per heavy atom. The van der Waals surface area contributed by atoms with Gasteiger partial charge in [0.1, 0.15) is 4.70 Å². The molecule has 0 saturated carbocycles. The fourth-order valence-corrected chi connectivity index (χ4v) is 3.99. The maximum absolute atomic E-state index is 12.4. The SMILES string of the molecule is Cc1cccc(N(C)C(=O)CSc2nc3ccsc3c(=O)n2C)c1. The Morgan fingerprint density at radius 2 is 2.17 bits per heavy atom. The van der Waals surface area contributed by atoms with Crippen LogP contribution in [0.3, 0.4) is 0 Å². The second-order valence-corrected chi connectivity index (χ2v) is 7.33. The molecule has 0 aliphatic carbocycles. The van der Waals surface area contributed by atoms with E-state index in [4.69, 9.17) is 0 Å². The fourth-order valence-electron chi connectivity index (χ4n) is 2.30. The van der Waals surface area contributed by atoms with Gasteiger partial charge in [0, 0.05) is 19.8 Å². The minimum atomic E-state index is -0.0722. The monoisotopic (exact) mass is 359 g/mol. The molecule has 3 aromatic rings. The lowest BCUT2D eigenvalue weighted by atomic mass is 10.2. The first-order valence-electron chi connectivity index (χ1n) is 7.37. The lowest BCUT2D eigenvalue weighted by Crippen LogP contribution is -2.28. The Hall–Kier alpha value is -2.12. The number of thioether (sulfide) groups is 1. The first kappa shape index (κ1) is 16.7. The van der Waals surface area contributed by atoms with E-state index in [9.17, 15) is 9.59 Å². The molecular weight excluding hydrogens is 342 g/mol. The van der Waals surface area contributed by atoms with Gasteiger partial charge in [-0.2, -0.15) is 0 Å². The van der Waals surface area contributed by atoms with Gasteiger partial charge < -0.3 is 4.90 Å². The number of carbonyl (C=O) groups excluding carboxylic acids is 1. The molecule has 0 N–H and O–H groups in total. The number of thiophene rings is 1. The van der Waals surface area contributed by atoms with Crippen LogP contribution < -0.4 is 10.5 Å². The number of aryl methyl sites for hydroxylation is 1. The largest absolute Gasteiger partial charge is 0.315 e. The molecular formula is C17H17N3O2S2. The van der Waals surface area contributed by atoms with Crippen LogP contribution in [0.4, 0.5) is 5.69 Å². The van der Waals surface area contributed by atoms with Crippen molar-refractivity contribution >= 4 is 44.9 Å². The van der Waals surface area contributed by atoms with E-state index in [1.54, 1.807) is 19.0 Å². The van der Waals surface area contributed by atoms with Crippen LogP contribution in [0.5, 0.6) is 0 Å². The van der Waals surface area contributed by atoms with Crippen molar-refractivity contribution in [3.63, 3.8) is 0 Å². The van der Waals surface area contributed by atoms with Crippen LogP contribution in [0.25, 0.3) is 10.2 Å². The van der Waals surface area contributed by atoms with E-state index in [-0.39, 0.29) is 17.2 Å². The molecule has 124 valence electrons. The molecule has 24 heavy (non-hydrogen) atoms. The Labute approximate surface area is 147 Å². The summed E-state index contributed by atoms with van der Waals surface area (Å²) in [6.45, 7) is 1.99. The van der Waals surface area contributed by atoms with Crippen LogP contribution in [-0.2, 0) is 11.8 Å². The van der Waals surface area contributed by atoms with Crippen molar-refractivity contribution < 1.29 is 4.79 Å². The van der Waals surface area contributed by atoms with Crippen molar-refractivity contribution in [3.05, 3.63) is 51.6 Å². The maximum atomic E-state index is 12.4. The zero-order chi connectivity index (χ0) is 17.3. The van der Waals surface area contributed by atoms with Gasteiger partial charge in [0.25, 0.3) is 5.56 Å². The number of aromatic nitrogens is 2. The van der Waals surface area contributed by atoms with Crippen molar-refractivity contribution in [1.29, 1.82) is 0 Å². The summed E-state index contributed by atoms with van der Waals surface area (Å²) in [5.74, 6) is 0.186. The summed E-state index contributed by atoms with van der Waals surface area (Å²) in [6, 6.07) is 9.62. The number of nitrogens with zero attached hydrogens (tertiary/aromatic N) is 3. The van der Waals surface area contributed by atoms with Gasteiger partial charge in [0.05, 0.1) is 11.3 Å². The Balaban J connectivity index is 1.77. The van der Waals surface area contributed by atoms with Crippen molar-refractivity contribution in [3.8, 4) is 0 Å². The Bertz CT molecular complexity index is 962. The van der Waals surface area contributed by atoms with Crippen LogP contribution in [0.15, 0.2) is 45.7 Å². The molecule has 1 amide bonds. The van der Waals surface area contributed by atoms with E-state index in [2.05, 4.69) is 4.98 Å². The van der Waals surface area contributed by atoms with E-state index in [1.165, 1.54) is 27.7 Å². The molecule has 1 aromatic carbocycles. The van der Waals surface area contributed by atoms with Crippen molar-refractivity contribution in [2.45, 2.75) is 12.1 Å². The van der Waals surface area contributed by atoms with Gasteiger partial charge in [-0.25, -0.2) is 4.98 Å². The van der Waals surface area contributed by atoms with Crippen LogP contribution in [-0.4, -0.2) is 28.3 Å². The summed E-state index contributed by atoms with van der Waals surface area (Å²) in [5, 5.41) is 2.40.